The minimum atomic E-state index is -0.408. The molecule has 0 heterocycles. The molecule has 1 saturated carbocycles. The van der Waals surface area contributed by atoms with Crippen LogP contribution in [0.25, 0.3) is 0 Å². The fourth-order valence-electron chi connectivity index (χ4n) is 2.61. The lowest BCUT2D eigenvalue weighted by molar-refractivity contribution is 0.129. The first-order valence-electron chi connectivity index (χ1n) is 7.79. The second kappa shape index (κ2) is 7.66. The van der Waals surface area contributed by atoms with Crippen LogP contribution in [-0.2, 0) is 11.3 Å². The lowest BCUT2D eigenvalue weighted by atomic mass is 9.86. The van der Waals surface area contributed by atoms with Crippen LogP contribution in [0.3, 0.4) is 0 Å². The zero-order chi connectivity index (χ0) is 16.9. The Morgan fingerprint density at radius 3 is 2.67 bits per heavy atom. The van der Waals surface area contributed by atoms with E-state index < -0.39 is 6.09 Å². The molecule has 0 atom stereocenters. The summed E-state index contributed by atoms with van der Waals surface area (Å²) in [4.78, 5) is 11.8. The predicted octanol–water partition coefficient (Wildman–Crippen LogP) is 4.46. The molecule has 1 fully saturated rings. The van der Waals surface area contributed by atoms with Crippen molar-refractivity contribution < 1.29 is 13.9 Å². The summed E-state index contributed by atoms with van der Waals surface area (Å²) >= 11 is 3.39. The molecule has 0 aromatic heterocycles. The molecule has 24 heavy (non-hydrogen) atoms. The average molecular weight is 393 g/mol. The van der Waals surface area contributed by atoms with Crippen molar-refractivity contribution in [3.05, 3.63) is 64.4 Å². The van der Waals surface area contributed by atoms with Gasteiger partial charge in [-0.05, 0) is 52.5 Å². The van der Waals surface area contributed by atoms with Crippen LogP contribution in [0.1, 0.15) is 18.4 Å². The van der Waals surface area contributed by atoms with E-state index in [1.54, 1.807) is 6.07 Å². The number of anilines is 1. The quantitative estimate of drug-likeness (QED) is 0.789. The number of rotatable bonds is 5. The standard InChI is InChI=1S/C18H18BrFN2O2/c19-16-7-6-13(20)8-17(16)21-14-9-15(10-14)22-18(23)24-11-12-4-2-1-3-5-12/h1-8,14-15,21H,9-11H2,(H,22,23). The Morgan fingerprint density at radius 1 is 1.17 bits per heavy atom. The van der Waals surface area contributed by atoms with Gasteiger partial charge >= 0.3 is 6.09 Å². The molecule has 3 rings (SSSR count). The van der Waals surface area contributed by atoms with Crippen molar-refractivity contribution in [2.45, 2.75) is 31.5 Å². The summed E-state index contributed by atoms with van der Waals surface area (Å²) in [5.41, 5.74) is 1.68. The molecular weight excluding hydrogens is 375 g/mol. The number of alkyl carbamates (subject to hydrolysis) is 1. The Morgan fingerprint density at radius 2 is 1.92 bits per heavy atom. The van der Waals surface area contributed by atoms with Crippen molar-refractivity contribution in [1.82, 2.24) is 5.32 Å². The largest absolute Gasteiger partial charge is 0.445 e. The van der Waals surface area contributed by atoms with E-state index in [4.69, 9.17) is 4.74 Å². The normalized spacial score (nSPS) is 19.2. The third-order valence-corrected chi connectivity index (χ3v) is 4.65. The molecule has 1 amide bonds. The van der Waals surface area contributed by atoms with Gasteiger partial charge in [0.15, 0.2) is 0 Å². The molecule has 6 heteroatoms. The van der Waals surface area contributed by atoms with Crippen LogP contribution in [0.5, 0.6) is 0 Å². The lowest BCUT2D eigenvalue weighted by Crippen LogP contribution is -2.49. The third kappa shape index (κ3) is 4.47. The van der Waals surface area contributed by atoms with E-state index in [-0.39, 0.29) is 24.5 Å². The topological polar surface area (TPSA) is 50.4 Å². The molecule has 0 bridgehead atoms. The summed E-state index contributed by atoms with van der Waals surface area (Å²) in [7, 11) is 0. The van der Waals surface area contributed by atoms with E-state index in [1.807, 2.05) is 30.3 Å². The molecule has 0 saturated heterocycles. The maximum absolute atomic E-state index is 13.3. The van der Waals surface area contributed by atoms with Crippen molar-refractivity contribution in [2.24, 2.45) is 0 Å². The number of hydrogen-bond acceptors (Lipinski definition) is 3. The molecule has 0 radical (unpaired) electrons. The number of carbonyl (C=O) groups is 1. The average Bonchev–Trinajstić information content (AvgIpc) is 2.55. The second-order valence-electron chi connectivity index (χ2n) is 5.84. The van der Waals surface area contributed by atoms with Crippen LogP contribution in [0, 0.1) is 5.82 Å². The number of amides is 1. The van der Waals surface area contributed by atoms with Crippen LogP contribution in [0.15, 0.2) is 53.0 Å². The van der Waals surface area contributed by atoms with Gasteiger partial charge < -0.3 is 15.4 Å². The number of ether oxygens (including phenoxy) is 1. The maximum Gasteiger partial charge on any atom is 0.407 e. The van der Waals surface area contributed by atoms with Gasteiger partial charge in [-0.1, -0.05) is 30.3 Å². The van der Waals surface area contributed by atoms with Crippen LogP contribution in [-0.4, -0.2) is 18.2 Å². The summed E-state index contributed by atoms with van der Waals surface area (Å²) in [5.74, 6) is -0.279. The van der Waals surface area contributed by atoms with Crippen LogP contribution in [0.4, 0.5) is 14.9 Å². The number of carbonyl (C=O) groups excluding carboxylic acids is 1. The number of hydrogen-bond donors (Lipinski definition) is 2. The van der Waals surface area contributed by atoms with Crippen molar-refractivity contribution in [1.29, 1.82) is 0 Å². The van der Waals surface area contributed by atoms with E-state index in [1.165, 1.54) is 12.1 Å². The molecule has 2 aromatic rings. The molecular formula is C18H18BrFN2O2. The van der Waals surface area contributed by atoms with E-state index >= 15 is 0 Å². The van der Waals surface area contributed by atoms with Crippen molar-refractivity contribution in [3.8, 4) is 0 Å². The first-order chi connectivity index (χ1) is 11.6. The van der Waals surface area contributed by atoms with Gasteiger partial charge in [-0.15, -0.1) is 0 Å². The van der Waals surface area contributed by atoms with Crippen molar-refractivity contribution in [2.75, 3.05) is 5.32 Å². The smallest absolute Gasteiger partial charge is 0.407 e. The van der Waals surface area contributed by atoms with Crippen LogP contribution >= 0.6 is 15.9 Å². The van der Waals surface area contributed by atoms with Gasteiger partial charge in [-0.25, -0.2) is 9.18 Å². The van der Waals surface area contributed by atoms with E-state index in [0.717, 1.165) is 28.6 Å². The fourth-order valence-corrected chi connectivity index (χ4v) is 2.97. The predicted molar refractivity (Wildman–Crippen MR) is 94.3 cm³/mol. The zero-order valence-corrected chi connectivity index (χ0v) is 14.6. The number of halogens is 2. The molecule has 126 valence electrons. The maximum atomic E-state index is 13.3. The van der Waals surface area contributed by atoms with Gasteiger partial charge in [0.05, 0.1) is 5.69 Å². The lowest BCUT2D eigenvalue weighted by Gasteiger charge is -2.36. The minimum Gasteiger partial charge on any atom is -0.445 e. The van der Waals surface area contributed by atoms with Gasteiger partial charge in [-0.3, -0.25) is 0 Å². The first kappa shape index (κ1) is 16.8. The zero-order valence-electron chi connectivity index (χ0n) is 13.0. The third-order valence-electron chi connectivity index (χ3n) is 3.96. The number of nitrogens with one attached hydrogen (secondary N) is 2. The Hall–Kier alpha value is -2.08. The van der Waals surface area contributed by atoms with Gasteiger partial charge in [0.25, 0.3) is 0 Å². The minimum absolute atomic E-state index is 0.0816. The highest BCUT2D eigenvalue weighted by Gasteiger charge is 2.31. The summed E-state index contributed by atoms with van der Waals surface area (Å²) in [6.45, 7) is 0.261. The SMILES string of the molecule is O=C(NC1CC(Nc2cc(F)ccc2Br)C1)OCc1ccccc1. The molecule has 0 unspecified atom stereocenters. The van der Waals surface area contributed by atoms with E-state index in [9.17, 15) is 9.18 Å². The molecule has 1 aliphatic rings. The summed E-state index contributed by atoms with van der Waals surface area (Å²) < 4.78 is 19.3. The fraction of sp³-hybridized carbons (Fsp3) is 0.278. The molecule has 0 aliphatic heterocycles. The highest BCUT2D eigenvalue weighted by molar-refractivity contribution is 9.10. The molecule has 0 spiro atoms. The van der Waals surface area contributed by atoms with Gasteiger partial charge in [0, 0.05) is 16.6 Å². The van der Waals surface area contributed by atoms with Gasteiger partial charge in [0.1, 0.15) is 12.4 Å². The van der Waals surface area contributed by atoms with Crippen molar-refractivity contribution >= 4 is 27.7 Å². The van der Waals surface area contributed by atoms with E-state index in [2.05, 4.69) is 26.6 Å². The Balaban J connectivity index is 1.39. The summed E-state index contributed by atoms with van der Waals surface area (Å²) in [5, 5.41) is 6.11. The number of benzene rings is 2. The summed E-state index contributed by atoms with van der Waals surface area (Å²) in [6, 6.07) is 14.4. The van der Waals surface area contributed by atoms with E-state index in [0.29, 0.717) is 0 Å². The van der Waals surface area contributed by atoms with Crippen LogP contribution < -0.4 is 10.6 Å². The monoisotopic (exact) mass is 392 g/mol. The Kier molecular flexibility index (Phi) is 5.35. The van der Waals surface area contributed by atoms with Crippen LogP contribution in [0.2, 0.25) is 0 Å². The molecule has 4 nitrogen and oxygen atoms in total. The van der Waals surface area contributed by atoms with Gasteiger partial charge in [0.2, 0.25) is 0 Å². The summed E-state index contributed by atoms with van der Waals surface area (Å²) in [6.07, 6.45) is 1.15. The Bertz CT molecular complexity index is 705. The highest BCUT2D eigenvalue weighted by atomic mass is 79.9. The second-order valence-corrected chi connectivity index (χ2v) is 6.69. The van der Waals surface area contributed by atoms with Gasteiger partial charge in [-0.2, -0.15) is 0 Å². The Labute approximate surface area is 148 Å². The first-order valence-corrected chi connectivity index (χ1v) is 8.58. The highest BCUT2D eigenvalue weighted by Crippen LogP contribution is 2.29. The molecule has 2 aromatic carbocycles. The van der Waals surface area contributed by atoms with Crippen molar-refractivity contribution in [3.63, 3.8) is 0 Å². The molecule has 2 N–H and O–H groups in total. The molecule has 1 aliphatic carbocycles.